The molecule has 15 heavy (non-hydrogen) atoms. The Balaban J connectivity index is 2.46. The fourth-order valence-corrected chi connectivity index (χ4v) is 2.15. The van der Waals surface area contributed by atoms with Crippen LogP contribution in [0.3, 0.4) is 0 Å². The lowest BCUT2D eigenvalue weighted by atomic mass is 9.92. The monoisotopic (exact) mass is 216 g/mol. The van der Waals surface area contributed by atoms with E-state index in [4.69, 9.17) is 4.74 Å². The standard InChI is InChI=1S/C11H24N2O2/c1-11(2,8-12-3)9-13-4-5-15-7-10(13)6-14/h10,12,14H,4-9H2,1-3H3. The van der Waals surface area contributed by atoms with Crippen molar-refractivity contribution in [3.05, 3.63) is 0 Å². The molecule has 90 valence electrons. The maximum atomic E-state index is 9.25. The Morgan fingerprint density at radius 2 is 2.27 bits per heavy atom. The van der Waals surface area contributed by atoms with Crippen LogP contribution in [-0.4, -0.2) is 62.6 Å². The summed E-state index contributed by atoms with van der Waals surface area (Å²) in [5, 5.41) is 12.5. The number of rotatable bonds is 5. The quantitative estimate of drug-likeness (QED) is 0.675. The third kappa shape index (κ3) is 4.07. The molecule has 0 spiro atoms. The highest BCUT2D eigenvalue weighted by molar-refractivity contribution is 4.81. The molecule has 4 nitrogen and oxygen atoms in total. The third-order valence-electron chi connectivity index (χ3n) is 2.85. The SMILES string of the molecule is CNCC(C)(C)CN1CCOCC1CO. The smallest absolute Gasteiger partial charge is 0.0644 e. The molecule has 0 aromatic rings. The molecule has 1 atom stereocenters. The van der Waals surface area contributed by atoms with Crippen LogP contribution in [0.1, 0.15) is 13.8 Å². The Labute approximate surface area is 92.6 Å². The van der Waals surface area contributed by atoms with Crippen LogP contribution >= 0.6 is 0 Å². The summed E-state index contributed by atoms with van der Waals surface area (Å²) in [6.45, 7) is 9.04. The molecule has 1 aliphatic rings. The zero-order valence-corrected chi connectivity index (χ0v) is 10.1. The van der Waals surface area contributed by atoms with Gasteiger partial charge in [0.2, 0.25) is 0 Å². The van der Waals surface area contributed by atoms with E-state index >= 15 is 0 Å². The van der Waals surface area contributed by atoms with E-state index in [1.54, 1.807) is 0 Å². The second-order valence-corrected chi connectivity index (χ2v) is 5.08. The molecule has 1 unspecified atom stereocenters. The molecule has 0 bridgehead atoms. The van der Waals surface area contributed by atoms with Crippen LogP contribution in [0.25, 0.3) is 0 Å². The summed E-state index contributed by atoms with van der Waals surface area (Å²) in [5.74, 6) is 0. The van der Waals surface area contributed by atoms with Crippen molar-refractivity contribution in [3.8, 4) is 0 Å². The summed E-state index contributed by atoms with van der Waals surface area (Å²) in [4.78, 5) is 2.33. The van der Waals surface area contributed by atoms with Gasteiger partial charge in [-0.15, -0.1) is 0 Å². The first-order chi connectivity index (χ1) is 7.09. The normalized spacial score (nSPS) is 24.4. The van der Waals surface area contributed by atoms with Gasteiger partial charge in [-0.05, 0) is 12.5 Å². The summed E-state index contributed by atoms with van der Waals surface area (Å²) in [6.07, 6.45) is 0. The second kappa shape index (κ2) is 5.80. The van der Waals surface area contributed by atoms with Gasteiger partial charge >= 0.3 is 0 Å². The summed E-state index contributed by atoms with van der Waals surface area (Å²) in [7, 11) is 1.98. The molecule has 0 aromatic carbocycles. The molecule has 0 radical (unpaired) electrons. The summed E-state index contributed by atoms with van der Waals surface area (Å²) >= 11 is 0. The Bertz CT molecular complexity index is 185. The Morgan fingerprint density at radius 1 is 1.53 bits per heavy atom. The molecule has 0 aromatic heterocycles. The highest BCUT2D eigenvalue weighted by Crippen LogP contribution is 2.18. The number of hydrogen-bond acceptors (Lipinski definition) is 4. The van der Waals surface area contributed by atoms with E-state index in [1.165, 1.54) is 0 Å². The van der Waals surface area contributed by atoms with Gasteiger partial charge in [0.05, 0.1) is 25.9 Å². The molecule has 4 heteroatoms. The summed E-state index contributed by atoms with van der Waals surface area (Å²) in [6, 6.07) is 0.176. The molecular weight excluding hydrogens is 192 g/mol. The van der Waals surface area contributed by atoms with E-state index in [0.29, 0.717) is 6.61 Å². The highest BCUT2D eigenvalue weighted by Gasteiger charge is 2.28. The van der Waals surface area contributed by atoms with Crippen LogP contribution in [0.5, 0.6) is 0 Å². The number of nitrogens with one attached hydrogen (secondary N) is 1. The molecule has 2 N–H and O–H groups in total. The largest absolute Gasteiger partial charge is 0.395 e. The van der Waals surface area contributed by atoms with Crippen molar-refractivity contribution in [1.29, 1.82) is 0 Å². The third-order valence-corrected chi connectivity index (χ3v) is 2.85. The Morgan fingerprint density at radius 3 is 2.87 bits per heavy atom. The first-order valence-corrected chi connectivity index (χ1v) is 5.66. The topological polar surface area (TPSA) is 44.7 Å². The number of ether oxygens (including phenoxy) is 1. The minimum atomic E-state index is 0.176. The first-order valence-electron chi connectivity index (χ1n) is 5.66. The van der Waals surface area contributed by atoms with Crippen LogP contribution < -0.4 is 5.32 Å². The number of aliphatic hydroxyl groups excluding tert-OH is 1. The number of hydrogen-bond donors (Lipinski definition) is 2. The fraction of sp³-hybridized carbons (Fsp3) is 1.00. The van der Waals surface area contributed by atoms with Gasteiger partial charge in [0, 0.05) is 19.6 Å². The van der Waals surface area contributed by atoms with Crippen molar-refractivity contribution < 1.29 is 9.84 Å². The molecular formula is C11H24N2O2. The van der Waals surface area contributed by atoms with Gasteiger partial charge in [0.15, 0.2) is 0 Å². The lowest BCUT2D eigenvalue weighted by molar-refractivity contribution is -0.0405. The van der Waals surface area contributed by atoms with Crippen LogP contribution in [0.2, 0.25) is 0 Å². The van der Waals surface area contributed by atoms with Gasteiger partial charge in [0.25, 0.3) is 0 Å². The lowest BCUT2D eigenvalue weighted by Gasteiger charge is -2.39. The average Bonchev–Trinajstić information content (AvgIpc) is 2.17. The zero-order chi connectivity index (χ0) is 11.3. The van der Waals surface area contributed by atoms with Gasteiger partial charge in [-0.2, -0.15) is 0 Å². The molecule has 0 aliphatic carbocycles. The van der Waals surface area contributed by atoms with E-state index in [-0.39, 0.29) is 18.1 Å². The Kier molecular flexibility index (Phi) is 4.99. The highest BCUT2D eigenvalue weighted by atomic mass is 16.5. The lowest BCUT2D eigenvalue weighted by Crippen LogP contribution is -2.52. The number of aliphatic hydroxyl groups is 1. The van der Waals surface area contributed by atoms with Crippen molar-refractivity contribution in [1.82, 2.24) is 10.2 Å². The minimum absolute atomic E-state index is 0.176. The van der Waals surface area contributed by atoms with Crippen LogP contribution in [0, 0.1) is 5.41 Å². The average molecular weight is 216 g/mol. The Hall–Kier alpha value is -0.160. The number of nitrogens with zero attached hydrogens (tertiary/aromatic N) is 1. The van der Waals surface area contributed by atoms with Crippen LogP contribution in [-0.2, 0) is 4.74 Å². The molecule has 1 heterocycles. The van der Waals surface area contributed by atoms with Gasteiger partial charge in [0.1, 0.15) is 0 Å². The molecule has 1 rings (SSSR count). The van der Waals surface area contributed by atoms with Crippen molar-refractivity contribution in [2.75, 3.05) is 46.5 Å². The van der Waals surface area contributed by atoms with E-state index in [2.05, 4.69) is 24.1 Å². The van der Waals surface area contributed by atoms with Gasteiger partial charge in [-0.3, -0.25) is 4.90 Å². The zero-order valence-electron chi connectivity index (χ0n) is 10.1. The number of morpholine rings is 1. The maximum absolute atomic E-state index is 9.25. The molecule has 1 saturated heterocycles. The first kappa shape index (κ1) is 12.9. The van der Waals surface area contributed by atoms with Crippen LogP contribution in [0.4, 0.5) is 0 Å². The van der Waals surface area contributed by atoms with Gasteiger partial charge in [-0.1, -0.05) is 13.8 Å². The van der Waals surface area contributed by atoms with Crippen molar-refractivity contribution in [3.63, 3.8) is 0 Å². The molecule has 0 amide bonds. The van der Waals surface area contributed by atoms with Crippen molar-refractivity contribution in [2.45, 2.75) is 19.9 Å². The summed E-state index contributed by atoms with van der Waals surface area (Å²) < 4.78 is 5.36. The molecule has 0 saturated carbocycles. The van der Waals surface area contributed by atoms with E-state index < -0.39 is 0 Å². The molecule has 1 fully saturated rings. The predicted octanol–water partition coefficient (Wildman–Crippen LogP) is -0.0749. The van der Waals surface area contributed by atoms with Crippen molar-refractivity contribution >= 4 is 0 Å². The summed E-state index contributed by atoms with van der Waals surface area (Å²) in [5.41, 5.74) is 0.236. The van der Waals surface area contributed by atoms with Gasteiger partial charge in [-0.25, -0.2) is 0 Å². The maximum Gasteiger partial charge on any atom is 0.0644 e. The minimum Gasteiger partial charge on any atom is -0.395 e. The van der Waals surface area contributed by atoms with E-state index in [9.17, 15) is 5.11 Å². The van der Waals surface area contributed by atoms with E-state index in [0.717, 1.165) is 26.2 Å². The predicted molar refractivity (Wildman–Crippen MR) is 61.0 cm³/mol. The molecule has 1 aliphatic heterocycles. The van der Waals surface area contributed by atoms with Gasteiger partial charge < -0.3 is 15.2 Å². The van der Waals surface area contributed by atoms with E-state index in [1.807, 2.05) is 7.05 Å². The van der Waals surface area contributed by atoms with Crippen molar-refractivity contribution in [2.24, 2.45) is 5.41 Å². The van der Waals surface area contributed by atoms with Crippen LogP contribution in [0.15, 0.2) is 0 Å². The fourth-order valence-electron chi connectivity index (χ4n) is 2.15. The second-order valence-electron chi connectivity index (χ2n) is 5.08.